The number of nitrogens with one attached hydrogen (secondary N) is 2. The second-order valence-corrected chi connectivity index (χ2v) is 4.67. The number of primary amides is 1. The summed E-state index contributed by atoms with van der Waals surface area (Å²) in [6.07, 6.45) is 5.97. The number of H-pyrrole nitrogens is 1. The van der Waals surface area contributed by atoms with Crippen molar-refractivity contribution in [1.29, 1.82) is 0 Å². The smallest absolute Gasteiger partial charge is 0.328 e. The van der Waals surface area contributed by atoms with Gasteiger partial charge in [-0.1, -0.05) is 19.8 Å². The molecule has 1 aromatic rings. The van der Waals surface area contributed by atoms with Crippen LogP contribution in [0.4, 0.5) is 0 Å². The lowest BCUT2D eigenvalue weighted by Gasteiger charge is -2.14. The number of aromatic amines is 1. The summed E-state index contributed by atoms with van der Waals surface area (Å²) in [5.74, 6) is -0.555. The van der Waals surface area contributed by atoms with E-state index in [1.807, 2.05) is 0 Å². The number of carbonyl (C=O) groups excluding carboxylic acids is 1. The van der Waals surface area contributed by atoms with E-state index in [9.17, 15) is 9.59 Å². The summed E-state index contributed by atoms with van der Waals surface area (Å²) in [6.45, 7) is 2.00. The molecule has 0 bridgehead atoms. The molecule has 1 aliphatic rings. The van der Waals surface area contributed by atoms with Gasteiger partial charge in [-0.05, 0) is 12.8 Å². The molecule has 0 aliphatic carbocycles. The molecule has 1 unspecified atom stereocenters. The molecule has 1 atom stereocenters. The minimum atomic E-state index is -0.555. The monoisotopic (exact) mass is 265 g/mol. The van der Waals surface area contributed by atoms with Crippen molar-refractivity contribution in [3.63, 3.8) is 0 Å². The third-order valence-corrected chi connectivity index (χ3v) is 3.08. The number of hydrogen-bond donors (Lipinski definition) is 3. The van der Waals surface area contributed by atoms with Crippen LogP contribution in [0.5, 0.6) is 0 Å². The molecule has 2 heterocycles. The van der Waals surface area contributed by atoms with Gasteiger partial charge in [0.1, 0.15) is 18.1 Å². The minimum Gasteiger partial charge on any atom is -0.368 e. The van der Waals surface area contributed by atoms with E-state index >= 15 is 0 Å². The van der Waals surface area contributed by atoms with Gasteiger partial charge in [-0.15, -0.1) is 0 Å². The van der Waals surface area contributed by atoms with Crippen LogP contribution < -0.4 is 27.6 Å². The molecule has 2 rings (SSSR count). The standard InChI is InChI=1S/C12H19N5O2/c1-2-3-4-5-10-14-6-8-11(16-10)17(7-9(13)18)12(19)15-8/h6,10,14H,2-5,7H2,1H3,(H2,13,18)(H,15,19). The predicted octanol–water partition coefficient (Wildman–Crippen LogP) is -1.47. The number of hydrogen-bond acceptors (Lipinski definition) is 4. The molecule has 7 nitrogen and oxygen atoms in total. The van der Waals surface area contributed by atoms with Gasteiger partial charge in [-0.3, -0.25) is 9.36 Å². The summed E-state index contributed by atoms with van der Waals surface area (Å²) in [5.41, 5.74) is 5.28. The van der Waals surface area contributed by atoms with Crippen LogP contribution in [0.2, 0.25) is 0 Å². The van der Waals surface area contributed by atoms with Gasteiger partial charge in [-0.2, -0.15) is 0 Å². The van der Waals surface area contributed by atoms with E-state index < -0.39 is 5.91 Å². The summed E-state index contributed by atoms with van der Waals surface area (Å²) >= 11 is 0. The third-order valence-electron chi connectivity index (χ3n) is 3.08. The molecule has 4 N–H and O–H groups in total. The largest absolute Gasteiger partial charge is 0.368 e. The molecule has 0 spiro atoms. The molecule has 0 radical (unpaired) electrons. The van der Waals surface area contributed by atoms with Crippen molar-refractivity contribution in [1.82, 2.24) is 14.9 Å². The van der Waals surface area contributed by atoms with Gasteiger partial charge >= 0.3 is 5.69 Å². The fraction of sp³-hybridized carbons (Fsp3) is 0.583. The topological polar surface area (TPSA) is 105 Å². The Balaban J connectivity index is 2.27. The summed E-state index contributed by atoms with van der Waals surface area (Å²) in [6, 6.07) is 0. The van der Waals surface area contributed by atoms with E-state index in [1.54, 1.807) is 6.20 Å². The number of unbranched alkanes of at least 4 members (excludes halogenated alkanes) is 2. The molecule has 1 aromatic heterocycles. The van der Waals surface area contributed by atoms with Crippen molar-refractivity contribution < 1.29 is 4.79 Å². The van der Waals surface area contributed by atoms with Crippen molar-refractivity contribution in [2.75, 3.05) is 0 Å². The van der Waals surface area contributed by atoms with Gasteiger partial charge in [0.2, 0.25) is 5.91 Å². The van der Waals surface area contributed by atoms with Gasteiger partial charge in [-0.25, -0.2) is 9.79 Å². The van der Waals surface area contributed by atoms with Gasteiger partial charge in [0.05, 0.1) is 0 Å². The van der Waals surface area contributed by atoms with Gasteiger partial charge in [0.15, 0.2) is 5.49 Å². The zero-order chi connectivity index (χ0) is 13.8. The molecule has 1 amide bonds. The van der Waals surface area contributed by atoms with Crippen LogP contribution in [0.3, 0.4) is 0 Å². The molecule has 0 fully saturated rings. The number of imidazole rings is 1. The molecule has 0 aromatic carbocycles. The van der Waals surface area contributed by atoms with Gasteiger partial charge < -0.3 is 16.0 Å². The first-order valence-electron chi connectivity index (χ1n) is 6.53. The van der Waals surface area contributed by atoms with Crippen molar-refractivity contribution in [2.45, 2.75) is 45.3 Å². The van der Waals surface area contributed by atoms with E-state index in [0.29, 0.717) is 10.8 Å². The van der Waals surface area contributed by atoms with Crippen LogP contribution in [0.25, 0.3) is 6.20 Å². The fourth-order valence-corrected chi connectivity index (χ4v) is 2.12. The van der Waals surface area contributed by atoms with E-state index in [-0.39, 0.29) is 18.4 Å². The average molecular weight is 265 g/mol. The van der Waals surface area contributed by atoms with E-state index in [4.69, 9.17) is 5.73 Å². The first-order valence-corrected chi connectivity index (χ1v) is 6.53. The molecule has 1 aliphatic heterocycles. The maximum absolute atomic E-state index is 11.7. The fourth-order valence-electron chi connectivity index (χ4n) is 2.12. The van der Waals surface area contributed by atoms with Crippen LogP contribution in [0, 0.1) is 0 Å². The normalized spacial score (nSPS) is 17.0. The Morgan fingerprint density at radius 2 is 2.32 bits per heavy atom. The van der Waals surface area contributed by atoms with Gasteiger partial charge in [0, 0.05) is 6.20 Å². The Bertz CT molecular complexity index is 628. The molecular weight excluding hydrogens is 246 g/mol. The molecule has 19 heavy (non-hydrogen) atoms. The number of aromatic nitrogens is 2. The Labute approximate surface area is 110 Å². The Morgan fingerprint density at radius 3 is 3.00 bits per heavy atom. The number of nitrogens with two attached hydrogens (primary N) is 1. The number of rotatable bonds is 6. The van der Waals surface area contributed by atoms with E-state index in [0.717, 1.165) is 25.7 Å². The molecule has 104 valence electrons. The Kier molecular flexibility index (Phi) is 4.03. The quantitative estimate of drug-likeness (QED) is 0.547. The Hall–Kier alpha value is -2.05. The number of fused-ring (bicyclic) bond motifs is 1. The molecular formula is C12H19N5O2. The maximum Gasteiger partial charge on any atom is 0.328 e. The molecule has 7 heteroatoms. The molecule has 0 saturated heterocycles. The third kappa shape index (κ3) is 3.04. The average Bonchev–Trinajstić information content (AvgIpc) is 2.66. The first kappa shape index (κ1) is 13.4. The highest BCUT2D eigenvalue weighted by Gasteiger charge is 2.13. The lowest BCUT2D eigenvalue weighted by atomic mass is 10.2. The van der Waals surface area contributed by atoms with Crippen LogP contribution in [0.1, 0.15) is 32.6 Å². The summed E-state index contributed by atoms with van der Waals surface area (Å²) in [7, 11) is 0. The highest BCUT2D eigenvalue weighted by atomic mass is 16.2. The van der Waals surface area contributed by atoms with Crippen LogP contribution in [-0.4, -0.2) is 21.6 Å². The zero-order valence-corrected chi connectivity index (χ0v) is 11.0. The van der Waals surface area contributed by atoms with Crippen molar-refractivity contribution >= 4 is 12.1 Å². The predicted molar refractivity (Wildman–Crippen MR) is 70.6 cm³/mol. The van der Waals surface area contributed by atoms with Crippen LogP contribution in [-0.2, 0) is 11.3 Å². The molecule has 0 saturated carbocycles. The second-order valence-electron chi connectivity index (χ2n) is 4.67. The van der Waals surface area contributed by atoms with Crippen molar-refractivity contribution in [3.05, 3.63) is 21.3 Å². The summed E-state index contributed by atoms with van der Waals surface area (Å²) in [5, 5.41) is 3.73. The van der Waals surface area contributed by atoms with Crippen molar-refractivity contribution in [2.24, 2.45) is 10.7 Å². The first-order chi connectivity index (χ1) is 9.11. The summed E-state index contributed by atoms with van der Waals surface area (Å²) in [4.78, 5) is 29.8. The SMILES string of the molecule is CCCCCC1N=c2c([nH]c(=O)n2CC(N)=O)=CN1. The minimum absolute atomic E-state index is 0.0478. The zero-order valence-electron chi connectivity index (χ0n) is 11.0. The lowest BCUT2D eigenvalue weighted by Crippen LogP contribution is -2.43. The van der Waals surface area contributed by atoms with Gasteiger partial charge in [0.25, 0.3) is 0 Å². The Morgan fingerprint density at radius 1 is 1.53 bits per heavy atom. The van der Waals surface area contributed by atoms with Crippen LogP contribution >= 0.6 is 0 Å². The van der Waals surface area contributed by atoms with Crippen molar-refractivity contribution in [3.8, 4) is 0 Å². The number of amides is 1. The van der Waals surface area contributed by atoms with Crippen LogP contribution in [0.15, 0.2) is 9.79 Å². The van der Waals surface area contributed by atoms with E-state index in [2.05, 4.69) is 22.2 Å². The number of carbonyl (C=O) groups is 1. The maximum atomic E-state index is 11.7. The second kappa shape index (κ2) is 5.73. The highest BCUT2D eigenvalue weighted by Crippen LogP contribution is 2.04. The van der Waals surface area contributed by atoms with E-state index in [1.165, 1.54) is 4.57 Å². The summed E-state index contributed by atoms with van der Waals surface area (Å²) < 4.78 is 1.28. The highest BCUT2D eigenvalue weighted by molar-refractivity contribution is 5.73. The lowest BCUT2D eigenvalue weighted by molar-refractivity contribution is -0.118. The number of nitrogens with zero attached hydrogens (tertiary/aromatic N) is 2.